The Kier molecular flexibility index (Phi) is 5.46. The van der Waals surface area contributed by atoms with Crippen LogP contribution in [0.25, 0.3) is 11.0 Å². The van der Waals surface area contributed by atoms with Crippen LogP contribution < -0.4 is 15.5 Å². The molecule has 2 heterocycles. The molecule has 0 fully saturated rings. The molecule has 7 heteroatoms. The largest absolute Gasteiger partial charge is 0.354 e. The van der Waals surface area contributed by atoms with E-state index in [1.54, 1.807) is 11.8 Å². The lowest BCUT2D eigenvalue weighted by molar-refractivity contribution is -0.122. The molecule has 4 rings (SSSR count). The van der Waals surface area contributed by atoms with Gasteiger partial charge in [0.05, 0.1) is 11.0 Å². The molecule has 0 radical (unpaired) electrons. The average molecular weight is 391 g/mol. The van der Waals surface area contributed by atoms with E-state index in [9.17, 15) is 9.59 Å². The van der Waals surface area contributed by atoms with Gasteiger partial charge < -0.3 is 15.2 Å². The fourth-order valence-electron chi connectivity index (χ4n) is 3.61. The predicted octanol–water partition coefficient (Wildman–Crippen LogP) is 2.70. The Hall–Kier alpha value is -3.35. The Bertz CT molecular complexity index is 1010. The lowest BCUT2D eigenvalue weighted by Crippen LogP contribution is -2.50. The molecule has 2 N–H and O–H groups in total. The van der Waals surface area contributed by atoms with Crippen LogP contribution in [0.4, 0.5) is 10.7 Å². The Morgan fingerprint density at radius 1 is 1.07 bits per heavy atom. The van der Waals surface area contributed by atoms with E-state index in [2.05, 4.69) is 27.8 Å². The minimum Gasteiger partial charge on any atom is -0.354 e. The molecule has 7 nitrogen and oxygen atoms in total. The van der Waals surface area contributed by atoms with Crippen LogP contribution in [0.15, 0.2) is 54.6 Å². The van der Waals surface area contributed by atoms with Crippen molar-refractivity contribution < 1.29 is 9.59 Å². The molecule has 0 aliphatic carbocycles. The van der Waals surface area contributed by atoms with Gasteiger partial charge in [0.2, 0.25) is 11.9 Å². The topological polar surface area (TPSA) is 79.3 Å². The third-order valence-corrected chi connectivity index (χ3v) is 5.19. The van der Waals surface area contributed by atoms with E-state index in [0.717, 1.165) is 23.9 Å². The Balaban J connectivity index is 1.28. The number of anilines is 1. The zero-order valence-electron chi connectivity index (χ0n) is 16.5. The van der Waals surface area contributed by atoms with Gasteiger partial charge in [0.15, 0.2) is 0 Å². The Morgan fingerprint density at radius 2 is 1.83 bits per heavy atom. The number of fused-ring (bicyclic) bond motifs is 3. The summed E-state index contributed by atoms with van der Waals surface area (Å²) >= 11 is 0. The van der Waals surface area contributed by atoms with Crippen LogP contribution in [-0.4, -0.2) is 40.6 Å². The van der Waals surface area contributed by atoms with E-state index in [1.165, 1.54) is 5.56 Å². The zero-order chi connectivity index (χ0) is 20.2. The van der Waals surface area contributed by atoms with E-state index in [0.29, 0.717) is 25.6 Å². The number of hydrogen-bond acceptors (Lipinski definition) is 3. The third-order valence-electron chi connectivity index (χ3n) is 5.19. The fourth-order valence-corrected chi connectivity index (χ4v) is 3.61. The van der Waals surface area contributed by atoms with Crippen molar-refractivity contribution >= 4 is 28.9 Å². The molecule has 29 heavy (non-hydrogen) atoms. The van der Waals surface area contributed by atoms with Crippen molar-refractivity contribution in [2.75, 3.05) is 18.0 Å². The lowest BCUT2D eigenvalue weighted by Gasteiger charge is -2.19. The molecule has 0 saturated carbocycles. The van der Waals surface area contributed by atoms with Crippen LogP contribution in [0.3, 0.4) is 0 Å². The van der Waals surface area contributed by atoms with Gasteiger partial charge in [-0.1, -0.05) is 42.5 Å². The highest BCUT2D eigenvalue weighted by molar-refractivity contribution is 5.96. The first-order valence-corrected chi connectivity index (χ1v) is 9.98. The van der Waals surface area contributed by atoms with Gasteiger partial charge in [-0.2, -0.15) is 0 Å². The van der Waals surface area contributed by atoms with Crippen molar-refractivity contribution in [3.8, 4) is 0 Å². The molecule has 0 bridgehead atoms. The molecule has 1 aromatic heterocycles. The predicted molar refractivity (Wildman–Crippen MR) is 113 cm³/mol. The summed E-state index contributed by atoms with van der Waals surface area (Å²) in [5.41, 5.74) is 3.13. The van der Waals surface area contributed by atoms with E-state index in [1.807, 2.05) is 47.0 Å². The molecule has 1 aliphatic heterocycles. The third kappa shape index (κ3) is 4.08. The Morgan fingerprint density at radius 3 is 2.66 bits per heavy atom. The quantitative estimate of drug-likeness (QED) is 0.634. The number of rotatable bonds is 6. The highest BCUT2D eigenvalue weighted by atomic mass is 16.2. The SMILES string of the molecule is CC(NC(=O)N1CCn2c1nc1ccccc12)C(=O)NCCCc1ccccc1. The second-order valence-electron chi connectivity index (χ2n) is 7.26. The number of urea groups is 1. The van der Waals surface area contributed by atoms with Gasteiger partial charge in [-0.05, 0) is 37.5 Å². The Labute approximate surface area is 169 Å². The van der Waals surface area contributed by atoms with Crippen molar-refractivity contribution in [3.63, 3.8) is 0 Å². The summed E-state index contributed by atoms with van der Waals surface area (Å²) in [6.45, 7) is 3.52. The van der Waals surface area contributed by atoms with Gasteiger partial charge in [0, 0.05) is 19.6 Å². The highest BCUT2D eigenvalue weighted by Crippen LogP contribution is 2.27. The molecule has 2 aromatic carbocycles. The number of hydrogen-bond donors (Lipinski definition) is 2. The van der Waals surface area contributed by atoms with E-state index in [4.69, 9.17) is 0 Å². The molecule has 3 amide bonds. The summed E-state index contributed by atoms with van der Waals surface area (Å²) in [5, 5.41) is 5.68. The first-order chi connectivity index (χ1) is 14.1. The van der Waals surface area contributed by atoms with Crippen LogP contribution in [0.2, 0.25) is 0 Å². The van der Waals surface area contributed by atoms with Gasteiger partial charge in [0.1, 0.15) is 6.04 Å². The molecular formula is C22H25N5O2. The van der Waals surface area contributed by atoms with Gasteiger partial charge >= 0.3 is 6.03 Å². The first kappa shape index (κ1) is 19.0. The minimum absolute atomic E-state index is 0.181. The van der Waals surface area contributed by atoms with Crippen molar-refractivity contribution in [2.24, 2.45) is 0 Å². The highest BCUT2D eigenvalue weighted by Gasteiger charge is 2.29. The number of benzene rings is 2. The van der Waals surface area contributed by atoms with E-state index in [-0.39, 0.29) is 11.9 Å². The summed E-state index contributed by atoms with van der Waals surface area (Å²) in [7, 11) is 0. The number of nitrogens with zero attached hydrogens (tertiary/aromatic N) is 3. The summed E-state index contributed by atoms with van der Waals surface area (Å²) < 4.78 is 2.03. The number of imidazole rings is 1. The summed E-state index contributed by atoms with van der Waals surface area (Å²) in [6.07, 6.45) is 1.76. The van der Waals surface area contributed by atoms with Crippen LogP contribution in [0.1, 0.15) is 18.9 Å². The van der Waals surface area contributed by atoms with Crippen LogP contribution in [0, 0.1) is 0 Å². The van der Waals surface area contributed by atoms with E-state index < -0.39 is 6.04 Å². The number of para-hydroxylation sites is 2. The number of carbonyl (C=O) groups excluding carboxylic acids is 2. The van der Waals surface area contributed by atoms with Gasteiger partial charge in [-0.25, -0.2) is 9.78 Å². The van der Waals surface area contributed by atoms with Crippen molar-refractivity contribution in [1.82, 2.24) is 20.2 Å². The van der Waals surface area contributed by atoms with Crippen molar-refractivity contribution in [2.45, 2.75) is 32.4 Å². The second-order valence-corrected chi connectivity index (χ2v) is 7.26. The van der Waals surface area contributed by atoms with Crippen LogP contribution >= 0.6 is 0 Å². The zero-order valence-corrected chi connectivity index (χ0v) is 16.5. The molecule has 0 saturated heterocycles. The van der Waals surface area contributed by atoms with Gasteiger partial charge in [-0.3, -0.25) is 9.69 Å². The smallest absolute Gasteiger partial charge is 0.324 e. The van der Waals surface area contributed by atoms with Gasteiger partial charge in [0.25, 0.3) is 0 Å². The van der Waals surface area contributed by atoms with Gasteiger partial charge in [-0.15, -0.1) is 0 Å². The maximum absolute atomic E-state index is 12.7. The summed E-state index contributed by atoms with van der Waals surface area (Å²) in [6, 6.07) is 17.1. The molecule has 0 spiro atoms. The van der Waals surface area contributed by atoms with Crippen LogP contribution in [0.5, 0.6) is 0 Å². The number of amides is 3. The maximum atomic E-state index is 12.7. The number of nitrogens with one attached hydrogen (secondary N) is 2. The van der Waals surface area contributed by atoms with Crippen LogP contribution in [-0.2, 0) is 17.8 Å². The maximum Gasteiger partial charge on any atom is 0.324 e. The molecule has 3 aromatic rings. The number of carbonyl (C=O) groups is 2. The molecule has 1 aliphatic rings. The normalized spacial score (nSPS) is 13.9. The molecule has 150 valence electrons. The molecule has 1 atom stereocenters. The lowest BCUT2D eigenvalue weighted by atomic mass is 10.1. The molecular weight excluding hydrogens is 366 g/mol. The first-order valence-electron chi connectivity index (χ1n) is 9.98. The summed E-state index contributed by atoms with van der Waals surface area (Å²) in [5.74, 6) is 0.443. The second kappa shape index (κ2) is 8.34. The van der Waals surface area contributed by atoms with Crippen molar-refractivity contribution in [3.05, 3.63) is 60.2 Å². The number of aromatic nitrogens is 2. The average Bonchev–Trinajstić information content (AvgIpc) is 3.31. The number of aryl methyl sites for hydroxylation is 1. The monoisotopic (exact) mass is 391 g/mol. The summed E-state index contributed by atoms with van der Waals surface area (Å²) in [4.78, 5) is 31.2. The van der Waals surface area contributed by atoms with Crippen molar-refractivity contribution in [1.29, 1.82) is 0 Å². The minimum atomic E-state index is -0.613. The molecule has 1 unspecified atom stereocenters. The van der Waals surface area contributed by atoms with E-state index >= 15 is 0 Å². The standard InChI is InChI=1S/C22H25N5O2/c1-16(20(28)23-13-7-10-17-8-3-2-4-9-17)24-22(29)27-15-14-26-19-12-6-5-11-18(19)25-21(26)27/h2-6,8-9,11-12,16H,7,10,13-15H2,1H3,(H,23,28)(H,24,29). The fraction of sp³-hybridized carbons (Fsp3) is 0.318.